The van der Waals surface area contributed by atoms with Gasteiger partial charge in [-0.1, -0.05) is 12.1 Å². The lowest BCUT2D eigenvalue weighted by Gasteiger charge is -2.02. The van der Waals surface area contributed by atoms with Crippen molar-refractivity contribution in [3.63, 3.8) is 0 Å². The second-order valence-corrected chi connectivity index (χ2v) is 3.61. The van der Waals surface area contributed by atoms with Gasteiger partial charge in [-0.2, -0.15) is 0 Å². The molecule has 0 heterocycles. The monoisotopic (exact) mass is 221 g/mol. The fraction of sp³-hybridized carbons (Fsp3) is 0.417. The Labute approximate surface area is 96.3 Å². The summed E-state index contributed by atoms with van der Waals surface area (Å²) in [6.45, 7) is 0.707. The van der Waals surface area contributed by atoms with Gasteiger partial charge in [-0.05, 0) is 37.0 Å². The third-order valence-corrected chi connectivity index (χ3v) is 2.33. The van der Waals surface area contributed by atoms with E-state index in [0.29, 0.717) is 6.54 Å². The molecule has 0 spiro atoms. The molecule has 1 aromatic carbocycles. The van der Waals surface area contributed by atoms with E-state index in [1.807, 2.05) is 12.1 Å². The van der Waals surface area contributed by atoms with Gasteiger partial charge in [-0.25, -0.2) is 0 Å². The smallest absolute Gasteiger partial charge is 0.185 e. The van der Waals surface area contributed by atoms with Crippen LogP contribution in [0.15, 0.2) is 29.3 Å². The van der Waals surface area contributed by atoms with Crippen LogP contribution in [0, 0.1) is 0 Å². The second kappa shape index (κ2) is 6.71. The number of methoxy groups -OCH3 is 1. The van der Waals surface area contributed by atoms with Crippen molar-refractivity contribution < 1.29 is 4.74 Å². The van der Waals surface area contributed by atoms with Gasteiger partial charge < -0.3 is 16.2 Å². The molecule has 0 aliphatic rings. The number of hydrogen-bond acceptors (Lipinski definition) is 2. The Hall–Kier alpha value is -1.71. The fourth-order valence-electron chi connectivity index (χ4n) is 1.44. The maximum absolute atomic E-state index is 5.23. The summed E-state index contributed by atoms with van der Waals surface area (Å²) < 4.78 is 5.09. The summed E-state index contributed by atoms with van der Waals surface area (Å²) in [6.07, 6.45) is 3.14. The van der Waals surface area contributed by atoms with E-state index in [2.05, 4.69) is 17.1 Å². The molecule has 4 N–H and O–H groups in total. The third kappa shape index (κ3) is 4.68. The maximum atomic E-state index is 5.23. The Morgan fingerprint density at radius 2 is 1.88 bits per heavy atom. The minimum Gasteiger partial charge on any atom is -0.497 e. The molecule has 0 saturated carbocycles. The van der Waals surface area contributed by atoms with Gasteiger partial charge in [0.15, 0.2) is 5.96 Å². The number of aryl methyl sites for hydroxylation is 1. The van der Waals surface area contributed by atoms with Crippen LogP contribution < -0.4 is 16.2 Å². The van der Waals surface area contributed by atoms with Gasteiger partial charge in [0.25, 0.3) is 0 Å². The van der Waals surface area contributed by atoms with Gasteiger partial charge in [-0.15, -0.1) is 0 Å². The molecular weight excluding hydrogens is 202 g/mol. The van der Waals surface area contributed by atoms with Crippen LogP contribution >= 0.6 is 0 Å². The lowest BCUT2D eigenvalue weighted by molar-refractivity contribution is 0.414. The molecule has 0 aliphatic carbocycles. The zero-order valence-electron chi connectivity index (χ0n) is 9.65. The normalized spacial score (nSPS) is 9.81. The number of rotatable bonds is 6. The topological polar surface area (TPSA) is 73.6 Å². The number of nitrogens with zero attached hydrogens (tertiary/aromatic N) is 1. The van der Waals surface area contributed by atoms with E-state index in [4.69, 9.17) is 16.2 Å². The van der Waals surface area contributed by atoms with Crippen molar-refractivity contribution in [1.29, 1.82) is 0 Å². The maximum Gasteiger partial charge on any atom is 0.185 e. The highest BCUT2D eigenvalue weighted by Gasteiger charge is 1.94. The number of nitrogens with two attached hydrogens (primary N) is 2. The van der Waals surface area contributed by atoms with Crippen LogP contribution in [0.2, 0.25) is 0 Å². The highest BCUT2D eigenvalue weighted by atomic mass is 16.5. The lowest BCUT2D eigenvalue weighted by atomic mass is 10.1. The third-order valence-electron chi connectivity index (χ3n) is 2.33. The molecule has 0 saturated heterocycles. The first-order valence-corrected chi connectivity index (χ1v) is 5.40. The molecule has 1 rings (SSSR count). The van der Waals surface area contributed by atoms with E-state index in [1.165, 1.54) is 5.56 Å². The predicted molar refractivity (Wildman–Crippen MR) is 66.6 cm³/mol. The summed E-state index contributed by atoms with van der Waals surface area (Å²) in [7, 11) is 1.67. The summed E-state index contributed by atoms with van der Waals surface area (Å²) in [5.74, 6) is 1.06. The summed E-state index contributed by atoms with van der Waals surface area (Å²) in [5.41, 5.74) is 11.8. The highest BCUT2D eigenvalue weighted by molar-refractivity contribution is 5.75. The van der Waals surface area contributed by atoms with E-state index in [-0.39, 0.29) is 5.96 Å². The Morgan fingerprint density at radius 1 is 1.19 bits per heavy atom. The highest BCUT2D eigenvalue weighted by Crippen LogP contribution is 2.13. The standard InChI is InChI=1S/C12H19N3O/c1-16-11-7-5-10(6-8-11)4-2-3-9-15-12(13)14/h5-8H,2-4,9H2,1H3,(H4,13,14,15). The van der Waals surface area contributed by atoms with Crippen molar-refractivity contribution in [3.8, 4) is 5.75 Å². The largest absolute Gasteiger partial charge is 0.497 e. The number of benzene rings is 1. The van der Waals surface area contributed by atoms with Crippen molar-refractivity contribution in [1.82, 2.24) is 0 Å². The quantitative estimate of drug-likeness (QED) is 0.432. The summed E-state index contributed by atoms with van der Waals surface area (Å²) in [4.78, 5) is 3.94. The molecule has 0 unspecified atom stereocenters. The molecule has 1 aromatic rings. The van der Waals surface area contributed by atoms with Crippen LogP contribution in [0.3, 0.4) is 0 Å². The van der Waals surface area contributed by atoms with Crippen molar-refractivity contribution in [2.45, 2.75) is 19.3 Å². The van der Waals surface area contributed by atoms with Gasteiger partial charge in [0.1, 0.15) is 5.75 Å². The Bertz CT molecular complexity index is 329. The first kappa shape index (κ1) is 12.4. The SMILES string of the molecule is COc1ccc(CCCCN=C(N)N)cc1. The van der Waals surface area contributed by atoms with Crippen molar-refractivity contribution in [3.05, 3.63) is 29.8 Å². The molecule has 4 heteroatoms. The van der Waals surface area contributed by atoms with E-state index in [0.717, 1.165) is 25.0 Å². The molecule has 0 aromatic heterocycles. The average Bonchev–Trinajstić information content (AvgIpc) is 2.29. The summed E-state index contributed by atoms with van der Waals surface area (Å²) >= 11 is 0. The first-order valence-electron chi connectivity index (χ1n) is 5.40. The molecule has 0 bridgehead atoms. The van der Waals surface area contributed by atoms with E-state index in [1.54, 1.807) is 7.11 Å². The molecule has 0 fully saturated rings. The minimum atomic E-state index is 0.171. The first-order chi connectivity index (χ1) is 7.72. The number of hydrogen-bond donors (Lipinski definition) is 2. The number of aliphatic imine (C=N–C) groups is 1. The minimum absolute atomic E-state index is 0.171. The lowest BCUT2D eigenvalue weighted by Crippen LogP contribution is -2.22. The van der Waals surface area contributed by atoms with Crippen LogP contribution in [-0.2, 0) is 6.42 Å². The Morgan fingerprint density at radius 3 is 2.44 bits per heavy atom. The molecule has 88 valence electrons. The zero-order valence-corrected chi connectivity index (χ0v) is 9.65. The van der Waals surface area contributed by atoms with Crippen molar-refractivity contribution in [2.24, 2.45) is 16.5 Å². The van der Waals surface area contributed by atoms with Gasteiger partial charge in [0, 0.05) is 6.54 Å². The molecule has 16 heavy (non-hydrogen) atoms. The van der Waals surface area contributed by atoms with Crippen molar-refractivity contribution >= 4 is 5.96 Å². The second-order valence-electron chi connectivity index (χ2n) is 3.61. The molecule has 4 nitrogen and oxygen atoms in total. The summed E-state index contributed by atoms with van der Waals surface area (Å²) in [5, 5.41) is 0. The predicted octanol–water partition coefficient (Wildman–Crippen LogP) is 1.29. The average molecular weight is 221 g/mol. The number of unbranched alkanes of at least 4 members (excludes halogenated alkanes) is 1. The van der Waals surface area contributed by atoms with Crippen LogP contribution in [-0.4, -0.2) is 19.6 Å². The molecule has 0 aliphatic heterocycles. The molecule has 0 amide bonds. The van der Waals surface area contributed by atoms with Crippen LogP contribution in [0.1, 0.15) is 18.4 Å². The molecule has 0 radical (unpaired) electrons. The van der Waals surface area contributed by atoms with Gasteiger partial charge in [0.2, 0.25) is 0 Å². The van der Waals surface area contributed by atoms with Crippen LogP contribution in [0.4, 0.5) is 0 Å². The molecular formula is C12H19N3O. The van der Waals surface area contributed by atoms with E-state index >= 15 is 0 Å². The van der Waals surface area contributed by atoms with E-state index < -0.39 is 0 Å². The molecule has 0 atom stereocenters. The fourth-order valence-corrected chi connectivity index (χ4v) is 1.44. The van der Waals surface area contributed by atoms with Crippen LogP contribution in [0.25, 0.3) is 0 Å². The Kier molecular flexibility index (Phi) is 5.19. The number of guanidine groups is 1. The summed E-state index contributed by atoms with van der Waals surface area (Å²) in [6, 6.07) is 8.12. The van der Waals surface area contributed by atoms with Crippen molar-refractivity contribution in [2.75, 3.05) is 13.7 Å². The Balaban J connectivity index is 2.24. The zero-order chi connectivity index (χ0) is 11.8. The van der Waals surface area contributed by atoms with Gasteiger partial charge in [-0.3, -0.25) is 4.99 Å². The number of ether oxygens (including phenoxy) is 1. The van der Waals surface area contributed by atoms with Gasteiger partial charge in [0.05, 0.1) is 7.11 Å². The van der Waals surface area contributed by atoms with E-state index in [9.17, 15) is 0 Å². The van der Waals surface area contributed by atoms with Gasteiger partial charge >= 0.3 is 0 Å². The van der Waals surface area contributed by atoms with Crippen LogP contribution in [0.5, 0.6) is 5.75 Å².